The molecule has 2 aromatic rings. The zero-order chi connectivity index (χ0) is 14.0. The number of hydrogen-bond acceptors (Lipinski definition) is 2. The minimum atomic E-state index is 0.212. The van der Waals surface area contributed by atoms with Crippen molar-refractivity contribution in [2.24, 2.45) is 0 Å². The van der Waals surface area contributed by atoms with E-state index in [9.17, 15) is 0 Å². The van der Waals surface area contributed by atoms with Gasteiger partial charge in [0.15, 0.2) is 0 Å². The van der Waals surface area contributed by atoms with E-state index in [0.29, 0.717) is 31.3 Å². The minimum Gasteiger partial charge on any atom is -0.255 e. The van der Waals surface area contributed by atoms with Gasteiger partial charge in [0, 0.05) is 11.8 Å². The van der Waals surface area contributed by atoms with Crippen LogP contribution in [-0.4, -0.2) is 4.98 Å². The second-order valence-electron chi connectivity index (χ2n) is 3.75. The second-order valence-corrected chi connectivity index (χ2v) is 5.35. The molecule has 19 heavy (non-hydrogen) atoms. The van der Waals surface area contributed by atoms with Crippen LogP contribution in [0.3, 0.4) is 0 Å². The summed E-state index contributed by atoms with van der Waals surface area (Å²) in [5.41, 5.74) is 2.06. The molecule has 0 aliphatic rings. The molecule has 0 N–H and O–H groups in total. The van der Waals surface area contributed by atoms with Crippen LogP contribution in [0.15, 0.2) is 24.4 Å². The summed E-state index contributed by atoms with van der Waals surface area (Å²) in [6.07, 6.45) is 1.71. The van der Waals surface area contributed by atoms with Gasteiger partial charge >= 0.3 is 0 Å². The molecule has 0 saturated carbocycles. The number of nitrogens with zero attached hydrogens (tertiary/aromatic N) is 2. The number of halogens is 4. The molecule has 2 rings (SSSR count). The Morgan fingerprint density at radius 2 is 1.63 bits per heavy atom. The lowest BCUT2D eigenvalue weighted by molar-refractivity contribution is 1.21. The van der Waals surface area contributed by atoms with Crippen LogP contribution in [0.25, 0.3) is 11.3 Å². The summed E-state index contributed by atoms with van der Waals surface area (Å²) >= 11 is 23.8. The third kappa shape index (κ3) is 3.13. The lowest BCUT2D eigenvalue weighted by Gasteiger charge is -2.07. The van der Waals surface area contributed by atoms with E-state index in [1.807, 2.05) is 6.07 Å². The van der Waals surface area contributed by atoms with Crippen molar-refractivity contribution in [3.63, 3.8) is 0 Å². The smallest absolute Gasteiger partial charge is 0.0778 e. The van der Waals surface area contributed by atoms with Crippen molar-refractivity contribution in [1.29, 1.82) is 5.26 Å². The van der Waals surface area contributed by atoms with E-state index in [2.05, 4.69) is 4.98 Å². The molecule has 0 bridgehead atoms. The molecule has 0 amide bonds. The van der Waals surface area contributed by atoms with Crippen molar-refractivity contribution in [3.05, 3.63) is 50.0 Å². The van der Waals surface area contributed by atoms with Gasteiger partial charge in [-0.05, 0) is 23.8 Å². The summed E-state index contributed by atoms with van der Waals surface area (Å²) in [5.74, 6) is 0. The van der Waals surface area contributed by atoms with Gasteiger partial charge in [0.1, 0.15) is 0 Å². The molecule has 1 heterocycles. The van der Waals surface area contributed by atoms with Crippen LogP contribution < -0.4 is 0 Å². The molecule has 2 nitrogen and oxygen atoms in total. The van der Waals surface area contributed by atoms with E-state index in [-0.39, 0.29) is 6.42 Å². The zero-order valence-corrected chi connectivity index (χ0v) is 12.4. The summed E-state index contributed by atoms with van der Waals surface area (Å²) in [6.45, 7) is 0. The molecule has 1 aromatic carbocycles. The summed E-state index contributed by atoms with van der Waals surface area (Å²) < 4.78 is 0. The van der Waals surface area contributed by atoms with E-state index < -0.39 is 0 Å². The van der Waals surface area contributed by atoms with Crippen LogP contribution in [0.5, 0.6) is 0 Å². The average Bonchev–Trinajstić information content (AvgIpc) is 2.38. The molecule has 1 aromatic heterocycles. The minimum absolute atomic E-state index is 0.212. The van der Waals surface area contributed by atoms with Gasteiger partial charge in [0.05, 0.1) is 38.3 Å². The van der Waals surface area contributed by atoms with Gasteiger partial charge in [-0.1, -0.05) is 46.4 Å². The summed E-state index contributed by atoms with van der Waals surface area (Å²) in [5, 5.41) is 10.2. The first-order valence-corrected chi connectivity index (χ1v) is 6.70. The maximum absolute atomic E-state index is 8.74. The van der Waals surface area contributed by atoms with Gasteiger partial charge < -0.3 is 0 Å². The Labute approximate surface area is 130 Å². The third-order valence-electron chi connectivity index (χ3n) is 2.48. The highest BCUT2D eigenvalue weighted by molar-refractivity contribution is 6.48. The van der Waals surface area contributed by atoms with E-state index in [1.165, 1.54) is 6.20 Å². The standard InChI is InChI=1S/C13H6Cl4N2/c14-9-3-8(4-10(15)13(9)17)12-5-7(1-2-18)11(16)6-19-12/h3-6H,1H2. The van der Waals surface area contributed by atoms with E-state index in [0.717, 1.165) is 5.56 Å². The van der Waals surface area contributed by atoms with E-state index in [4.69, 9.17) is 51.7 Å². The largest absolute Gasteiger partial charge is 0.255 e. The Hall–Kier alpha value is -0.980. The molecule has 0 atom stereocenters. The van der Waals surface area contributed by atoms with Crippen molar-refractivity contribution in [2.45, 2.75) is 6.42 Å². The summed E-state index contributed by atoms with van der Waals surface area (Å²) in [7, 11) is 0. The lowest BCUT2D eigenvalue weighted by atomic mass is 10.1. The van der Waals surface area contributed by atoms with Crippen molar-refractivity contribution < 1.29 is 0 Å². The van der Waals surface area contributed by atoms with E-state index >= 15 is 0 Å². The Balaban J connectivity index is 2.54. The SMILES string of the molecule is N#CCc1cc(-c2cc(Cl)c(Cl)c(Cl)c2)ncc1Cl. The topological polar surface area (TPSA) is 36.7 Å². The highest BCUT2D eigenvalue weighted by Gasteiger charge is 2.10. The van der Waals surface area contributed by atoms with Gasteiger partial charge in [-0.25, -0.2) is 0 Å². The number of benzene rings is 1. The second kappa shape index (κ2) is 5.98. The fourth-order valence-corrected chi connectivity index (χ4v) is 2.33. The first-order chi connectivity index (χ1) is 9.02. The van der Waals surface area contributed by atoms with Crippen LogP contribution in [-0.2, 0) is 6.42 Å². The van der Waals surface area contributed by atoms with Gasteiger partial charge in [-0.3, -0.25) is 4.98 Å². The monoisotopic (exact) mass is 330 g/mol. The third-order valence-corrected chi connectivity index (χ3v) is 4.02. The zero-order valence-electron chi connectivity index (χ0n) is 9.42. The number of nitriles is 1. The quantitative estimate of drug-likeness (QED) is 0.688. The van der Waals surface area contributed by atoms with Crippen molar-refractivity contribution >= 4 is 46.4 Å². The molecule has 0 aliphatic carbocycles. The van der Waals surface area contributed by atoms with Crippen LogP contribution in [0.2, 0.25) is 20.1 Å². The van der Waals surface area contributed by atoms with E-state index in [1.54, 1.807) is 18.2 Å². The molecule has 0 fully saturated rings. The summed E-state index contributed by atoms with van der Waals surface area (Å²) in [4.78, 5) is 4.20. The van der Waals surface area contributed by atoms with Crippen molar-refractivity contribution in [1.82, 2.24) is 4.98 Å². The Morgan fingerprint density at radius 3 is 2.21 bits per heavy atom. The normalized spacial score (nSPS) is 10.3. The number of hydrogen-bond donors (Lipinski definition) is 0. The van der Waals surface area contributed by atoms with Gasteiger partial charge in [-0.15, -0.1) is 0 Å². The first kappa shape index (κ1) is 14.4. The Bertz CT molecular complexity index is 654. The molecule has 0 radical (unpaired) electrons. The summed E-state index contributed by atoms with van der Waals surface area (Å²) in [6, 6.07) is 7.13. The molecule has 0 unspecified atom stereocenters. The maximum atomic E-state index is 8.74. The van der Waals surface area contributed by atoms with Gasteiger partial charge in [0.2, 0.25) is 0 Å². The molecule has 0 spiro atoms. The molecular formula is C13H6Cl4N2. The fraction of sp³-hybridized carbons (Fsp3) is 0.0769. The number of aromatic nitrogens is 1. The van der Waals surface area contributed by atoms with Crippen LogP contribution >= 0.6 is 46.4 Å². The van der Waals surface area contributed by atoms with Crippen LogP contribution in [0, 0.1) is 11.3 Å². The van der Waals surface area contributed by atoms with Gasteiger partial charge in [0.25, 0.3) is 0 Å². The Kier molecular flexibility index (Phi) is 4.54. The number of rotatable bonds is 2. The predicted molar refractivity (Wildman–Crippen MR) is 79.0 cm³/mol. The van der Waals surface area contributed by atoms with Crippen molar-refractivity contribution in [3.8, 4) is 17.3 Å². The number of pyridine rings is 1. The highest BCUT2D eigenvalue weighted by atomic mass is 35.5. The van der Waals surface area contributed by atoms with Crippen molar-refractivity contribution in [2.75, 3.05) is 0 Å². The molecule has 0 aliphatic heterocycles. The van der Waals surface area contributed by atoms with Gasteiger partial charge in [-0.2, -0.15) is 5.26 Å². The molecule has 96 valence electrons. The molecule has 0 saturated heterocycles. The molecular weight excluding hydrogens is 326 g/mol. The van der Waals surface area contributed by atoms with Crippen LogP contribution in [0.4, 0.5) is 0 Å². The average molecular weight is 332 g/mol. The highest BCUT2D eigenvalue weighted by Crippen LogP contribution is 2.35. The predicted octanol–water partition coefficient (Wildman–Crippen LogP) is 5.43. The first-order valence-electron chi connectivity index (χ1n) is 5.19. The molecule has 6 heteroatoms. The van der Waals surface area contributed by atoms with Crippen LogP contribution in [0.1, 0.15) is 5.56 Å². The Morgan fingerprint density at radius 1 is 1.00 bits per heavy atom. The lowest BCUT2D eigenvalue weighted by Crippen LogP contribution is -1.90. The fourth-order valence-electron chi connectivity index (χ4n) is 1.56. The maximum Gasteiger partial charge on any atom is 0.0778 e.